The van der Waals surface area contributed by atoms with Crippen molar-refractivity contribution in [3.63, 3.8) is 0 Å². The average Bonchev–Trinajstić information content (AvgIpc) is 2.84. The first-order chi connectivity index (χ1) is 10.2. The molecule has 0 radical (unpaired) electrons. The Labute approximate surface area is 128 Å². The highest BCUT2D eigenvalue weighted by Gasteiger charge is 2.34. The van der Waals surface area contributed by atoms with Crippen LogP contribution >= 0.6 is 11.3 Å². The monoisotopic (exact) mass is 298 g/mol. The highest BCUT2D eigenvalue weighted by molar-refractivity contribution is 7.16. The SMILES string of the molecule is CC1CCc2c(sc3c2C(c2ccncc2)CC(=O)N3)C1. The third-order valence-electron chi connectivity index (χ3n) is 4.65. The largest absolute Gasteiger partial charge is 0.317 e. The molecule has 2 aliphatic rings. The topological polar surface area (TPSA) is 42.0 Å². The molecule has 1 aliphatic heterocycles. The number of hydrogen-bond acceptors (Lipinski definition) is 3. The summed E-state index contributed by atoms with van der Waals surface area (Å²) in [4.78, 5) is 17.7. The van der Waals surface area contributed by atoms with Crippen LogP contribution in [0.15, 0.2) is 24.5 Å². The van der Waals surface area contributed by atoms with Gasteiger partial charge in [-0.2, -0.15) is 0 Å². The van der Waals surface area contributed by atoms with E-state index in [2.05, 4.69) is 17.2 Å². The predicted octanol–water partition coefficient (Wildman–Crippen LogP) is 3.74. The van der Waals surface area contributed by atoms with E-state index in [9.17, 15) is 4.79 Å². The Kier molecular flexibility index (Phi) is 3.07. The van der Waals surface area contributed by atoms with Gasteiger partial charge in [0.15, 0.2) is 0 Å². The van der Waals surface area contributed by atoms with E-state index in [1.807, 2.05) is 24.5 Å². The van der Waals surface area contributed by atoms with Crippen LogP contribution < -0.4 is 5.32 Å². The Balaban J connectivity index is 1.84. The number of amides is 1. The first-order valence-corrected chi connectivity index (χ1v) is 8.38. The van der Waals surface area contributed by atoms with E-state index in [0.717, 1.165) is 23.8 Å². The maximum Gasteiger partial charge on any atom is 0.225 e. The van der Waals surface area contributed by atoms with Crippen LogP contribution in [-0.2, 0) is 17.6 Å². The fourth-order valence-corrected chi connectivity index (χ4v) is 5.07. The molecule has 21 heavy (non-hydrogen) atoms. The first kappa shape index (κ1) is 13.0. The summed E-state index contributed by atoms with van der Waals surface area (Å²) >= 11 is 1.80. The zero-order valence-corrected chi connectivity index (χ0v) is 12.9. The molecule has 3 nitrogen and oxygen atoms in total. The van der Waals surface area contributed by atoms with Crippen molar-refractivity contribution in [2.45, 2.75) is 38.5 Å². The van der Waals surface area contributed by atoms with Crippen LogP contribution in [0, 0.1) is 5.92 Å². The summed E-state index contributed by atoms with van der Waals surface area (Å²) in [6.45, 7) is 2.32. The fourth-order valence-electron chi connectivity index (χ4n) is 3.58. The van der Waals surface area contributed by atoms with E-state index in [0.29, 0.717) is 6.42 Å². The lowest BCUT2D eigenvalue weighted by Gasteiger charge is -2.26. The minimum atomic E-state index is 0.135. The number of thiophene rings is 1. The predicted molar refractivity (Wildman–Crippen MR) is 84.8 cm³/mol. The van der Waals surface area contributed by atoms with Crippen molar-refractivity contribution in [1.82, 2.24) is 4.98 Å². The molecule has 0 saturated heterocycles. The van der Waals surface area contributed by atoms with Crippen molar-refractivity contribution in [3.05, 3.63) is 46.1 Å². The van der Waals surface area contributed by atoms with Gasteiger partial charge in [0.05, 0.1) is 5.00 Å². The van der Waals surface area contributed by atoms with Crippen LogP contribution in [0.25, 0.3) is 0 Å². The second-order valence-corrected chi connectivity index (χ2v) is 7.29. The molecule has 0 spiro atoms. The Bertz CT molecular complexity index is 692. The van der Waals surface area contributed by atoms with Gasteiger partial charge < -0.3 is 5.32 Å². The quantitative estimate of drug-likeness (QED) is 0.871. The number of anilines is 1. The van der Waals surface area contributed by atoms with E-state index in [1.165, 1.54) is 28.0 Å². The van der Waals surface area contributed by atoms with Gasteiger partial charge in [0.25, 0.3) is 0 Å². The Morgan fingerprint density at radius 1 is 1.29 bits per heavy atom. The Morgan fingerprint density at radius 2 is 2.10 bits per heavy atom. The molecule has 108 valence electrons. The molecule has 2 atom stereocenters. The van der Waals surface area contributed by atoms with E-state index in [1.54, 1.807) is 11.3 Å². The molecule has 1 amide bonds. The molecule has 0 bridgehead atoms. The van der Waals surface area contributed by atoms with Crippen molar-refractivity contribution < 1.29 is 4.79 Å². The molecule has 0 aromatic carbocycles. The third kappa shape index (κ3) is 2.18. The number of pyridine rings is 1. The molecule has 4 heteroatoms. The van der Waals surface area contributed by atoms with Gasteiger partial charge in [-0.05, 0) is 54.0 Å². The molecule has 4 rings (SSSR count). The van der Waals surface area contributed by atoms with Gasteiger partial charge in [0, 0.05) is 29.6 Å². The number of nitrogens with one attached hydrogen (secondary N) is 1. The maximum atomic E-state index is 12.1. The summed E-state index contributed by atoms with van der Waals surface area (Å²) in [7, 11) is 0. The Morgan fingerprint density at radius 3 is 2.90 bits per heavy atom. The average molecular weight is 298 g/mol. The van der Waals surface area contributed by atoms with E-state index in [4.69, 9.17) is 0 Å². The molecule has 0 saturated carbocycles. The normalized spacial score (nSPS) is 24.1. The summed E-state index contributed by atoms with van der Waals surface area (Å²) in [5.41, 5.74) is 4.10. The molecule has 1 N–H and O–H groups in total. The molecular weight excluding hydrogens is 280 g/mol. The second kappa shape index (κ2) is 4.95. The smallest absolute Gasteiger partial charge is 0.225 e. The van der Waals surface area contributed by atoms with E-state index in [-0.39, 0.29) is 11.8 Å². The van der Waals surface area contributed by atoms with Crippen LogP contribution in [0.2, 0.25) is 0 Å². The minimum Gasteiger partial charge on any atom is -0.317 e. The lowest BCUT2D eigenvalue weighted by Crippen LogP contribution is -2.23. The number of aromatic nitrogens is 1. The van der Waals surface area contributed by atoms with Crippen LogP contribution in [0.1, 0.15) is 47.3 Å². The van der Waals surface area contributed by atoms with Crippen molar-refractivity contribution in [3.8, 4) is 0 Å². The van der Waals surface area contributed by atoms with E-state index < -0.39 is 0 Å². The number of fused-ring (bicyclic) bond motifs is 3. The summed E-state index contributed by atoms with van der Waals surface area (Å²) in [6, 6.07) is 4.09. The van der Waals surface area contributed by atoms with Crippen LogP contribution in [-0.4, -0.2) is 10.9 Å². The van der Waals surface area contributed by atoms with Crippen molar-refractivity contribution >= 4 is 22.2 Å². The van der Waals surface area contributed by atoms with Crippen molar-refractivity contribution in [2.24, 2.45) is 5.92 Å². The number of rotatable bonds is 1. The number of carbonyl (C=O) groups excluding carboxylic acids is 1. The van der Waals surface area contributed by atoms with Gasteiger partial charge in [-0.3, -0.25) is 9.78 Å². The highest BCUT2D eigenvalue weighted by atomic mass is 32.1. The van der Waals surface area contributed by atoms with Crippen molar-refractivity contribution in [2.75, 3.05) is 5.32 Å². The summed E-state index contributed by atoms with van der Waals surface area (Å²) in [5.74, 6) is 1.09. The lowest BCUT2D eigenvalue weighted by molar-refractivity contribution is -0.116. The summed E-state index contributed by atoms with van der Waals surface area (Å²) < 4.78 is 0. The lowest BCUT2D eigenvalue weighted by atomic mass is 9.80. The molecule has 2 aromatic rings. The molecular formula is C17H18N2OS. The first-order valence-electron chi connectivity index (χ1n) is 7.56. The molecule has 3 heterocycles. The zero-order chi connectivity index (χ0) is 14.4. The maximum absolute atomic E-state index is 12.1. The third-order valence-corrected chi connectivity index (χ3v) is 5.84. The molecule has 2 aromatic heterocycles. The van der Waals surface area contributed by atoms with E-state index >= 15 is 0 Å². The molecule has 2 unspecified atom stereocenters. The fraction of sp³-hybridized carbons (Fsp3) is 0.412. The highest BCUT2D eigenvalue weighted by Crippen LogP contribution is 2.48. The van der Waals surface area contributed by atoms with Crippen molar-refractivity contribution in [1.29, 1.82) is 0 Å². The minimum absolute atomic E-state index is 0.135. The zero-order valence-electron chi connectivity index (χ0n) is 12.1. The standard InChI is InChI=1S/C17H18N2OS/c1-10-2-3-12-14(8-10)21-17-16(12)13(9-15(20)19-17)11-4-6-18-7-5-11/h4-7,10,13H,2-3,8-9H2,1H3,(H,19,20). The summed E-state index contributed by atoms with van der Waals surface area (Å²) in [6.07, 6.45) is 7.76. The van der Waals surface area contributed by atoms with Gasteiger partial charge in [-0.15, -0.1) is 11.3 Å². The number of hydrogen-bond donors (Lipinski definition) is 1. The van der Waals surface area contributed by atoms with Gasteiger partial charge in [-0.1, -0.05) is 6.92 Å². The van der Waals surface area contributed by atoms with Gasteiger partial charge in [0.1, 0.15) is 0 Å². The van der Waals surface area contributed by atoms with Crippen LogP contribution in [0.4, 0.5) is 5.00 Å². The Hall–Kier alpha value is -1.68. The van der Waals surface area contributed by atoms with Crippen LogP contribution in [0.3, 0.4) is 0 Å². The number of carbonyl (C=O) groups is 1. The molecule has 0 fully saturated rings. The van der Waals surface area contributed by atoms with Gasteiger partial charge in [0.2, 0.25) is 5.91 Å². The molecule has 1 aliphatic carbocycles. The second-order valence-electron chi connectivity index (χ2n) is 6.18. The van der Waals surface area contributed by atoms with Crippen LogP contribution in [0.5, 0.6) is 0 Å². The summed E-state index contributed by atoms with van der Waals surface area (Å²) in [5, 5.41) is 4.19. The number of nitrogens with zero attached hydrogens (tertiary/aromatic N) is 1. The van der Waals surface area contributed by atoms with Gasteiger partial charge in [-0.25, -0.2) is 0 Å². The van der Waals surface area contributed by atoms with Gasteiger partial charge >= 0.3 is 0 Å².